The molecular weight excluding hydrogens is 331 g/mol. The van der Waals surface area contributed by atoms with Gasteiger partial charge < -0.3 is 4.90 Å². The van der Waals surface area contributed by atoms with Crippen LogP contribution in [0.2, 0.25) is 0 Å². The topological polar surface area (TPSA) is 51.0 Å². The van der Waals surface area contributed by atoms with Gasteiger partial charge in [-0.15, -0.1) is 0 Å². The zero-order chi connectivity index (χ0) is 18.1. The van der Waals surface area contributed by atoms with Crippen molar-refractivity contribution in [2.75, 3.05) is 6.54 Å². The molecule has 6 heteroatoms. The number of fused-ring (bicyclic) bond motifs is 1. The molecule has 5 nitrogen and oxygen atoms in total. The van der Waals surface area contributed by atoms with E-state index in [0.29, 0.717) is 19.6 Å². The summed E-state index contributed by atoms with van der Waals surface area (Å²) in [6.45, 7) is 5.22. The number of pyridine rings is 1. The van der Waals surface area contributed by atoms with Crippen LogP contribution >= 0.6 is 0 Å². The van der Waals surface area contributed by atoms with Crippen LogP contribution in [0.4, 0.5) is 4.39 Å². The first-order chi connectivity index (χ1) is 12.7. The number of halogens is 1. The van der Waals surface area contributed by atoms with Crippen molar-refractivity contribution in [3.05, 3.63) is 73.0 Å². The molecule has 0 aliphatic carbocycles. The van der Waals surface area contributed by atoms with Gasteiger partial charge in [0.2, 0.25) is 5.91 Å². The molecule has 1 aliphatic rings. The number of hydrogen-bond donors (Lipinski definition) is 0. The summed E-state index contributed by atoms with van der Waals surface area (Å²) >= 11 is 0. The highest BCUT2D eigenvalue weighted by Crippen LogP contribution is 2.36. The quantitative estimate of drug-likeness (QED) is 0.683. The Morgan fingerprint density at radius 2 is 1.81 bits per heavy atom. The predicted octanol–water partition coefficient (Wildman–Crippen LogP) is 3.28. The molecule has 0 bridgehead atoms. The lowest BCUT2D eigenvalue weighted by atomic mass is 9.99. The zero-order valence-electron chi connectivity index (χ0n) is 14.1. The van der Waals surface area contributed by atoms with E-state index in [2.05, 4.69) is 11.6 Å². The second-order valence-corrected chi connectivity index (χ2v) is 6.10. The van der Waals surface area contributed by atoms with Gasteiger partial charge in [-0.3, -0.25) is 14.5 Å². The zero-order valence-corrected chi connectivity index (χ0v) is 14.1. The number of carbonyl (C=O) groups excluding carboxylic acids is 1. The fourth-order valence-electron chi connectivity index (χ4n) is 3.27. The van der Waals surface area contributed by atoms with Crippen LogP contribution in [-0.4, -0.2) is 32.1 Å². The Balaban J connectivity index is 1.88. The van der Waals surface area contributed by atoms with Crippen LogP contribution < -0.4 is 0 Å². The number of hydrogen-bond acceptors (Lipinski definition) is 3. The molecule has 1 aromatic carbocycles. The third-order valence-electron chi connectivity index (χ3n) is 4.55. The first kappa shape index (κ1) is 16.2. The van der Waals surface area contributed by atoms with Crippen molar-refractivity contribution in [1.29, 1.82) is 0 Å². The summed E-state index contributed by atoms with van der Waals surface area (Å²) < 4.78 is 15.3. The minimum atomic E-state index is -0.286. The molecule has 0 atom stereocenters. The molecule has 0 spiro atoms. The number of aromatic nitrogens is 3. The molecule has 0 radical (unpaired) electrons. The molecule has 1 aliphatic heterocycles. The first-order valence-corrected chi connectivity index (χ1v) is 8.34. The van der Waals surface area contributed by atoms with Gasteiger partial charge >= 0.3 is 0 Å². The predicted molar refractivity (Wildman–Crippen MR) is 96.5 cm³/mol. The third kappa shape index (κ3) is 2.79. The van der Waals surface area contributed by atoms with Gasteiger partial charge in [0.25, 0.3) is 0 Å². The number of nitrogens with zero attached hydrogens (tertiary/aromatic N) is 4. The molecule has 0 unspecified atom stereocenters. The van der Waals surface area contributed by atoms with E-state index in [-0.39, 0.29) is 11.7 Å². The molecule has 130 valence electrons. The summed E-state index contributed by atoms with van der Waals surface area (Å²) in [7, 11) is 0. The van der Waals surface area contributed by atoms with Gasteiger partial charge in [-0.25, -0.2) is 4.39 Å². The van der Waals surface area contributed by atoms with E-state index in [0.717, 1.165) is 28.1 Å². The lowest BCUT2D eigenvalue weighted by Gasteiger charge is -2.27. The Morgan fingerprint density at radius 1 is 1.08 bits per heavy atom. The minimum Gasteiger partial charge on any atom is -0.331 e. The Kier molecular flexibility index (Phi) is 4.08. The summed E-state index contributed by atoms with van der Waals surface area (Å²) in [5, 5.41) is 4.76. The van der Waals surface area contributed by atoms with Crippen molar-refractivity contribution in [3.63, 3.8) is 0 Å². The van der Waals surface area contributed by atoms with Gasteiger partial charge in [-0.2, -0.15) is 5.10 Å². The molecule has 0 saturated carbocycles. The number of amides is 1. The van der Waals surface area contributed by atoms with Gasteiger partial charge in [0, 0.05) is 30.1 Å². The molecule has 3 heterocycles. The second-order valence-electron chi connectivity index (χ2n) is 6.10. The monoisotopic (exact) mass is 348 g/mol. The number of benzene rings is 1. The molecule has 3 aromatic rings. The molecule has 0 fully saturated rings. The maximum atomic E-state index is 13.3. The van der Waals surface area contributed by atoms with Crippen LogP contribution in [0.5, 0.6) is 0 Å². The Morgan fingerprint density at radius 3 is 2.50 bits per heavy atom. The molecule has 1 amide bonds. The third-order valence-corrected chi connectivity index (χ3v) is 4.55. The SMILES string of the molecule is C=CC(=O)N1CCn2nc(-c3ccc(F)cc3)c(-c3ccncc3)c2C1. The van der Waals surface area contributed by atoms with Crippen LogP contribution in [-0.2, 0) is 17.9 Å². The normalized spacial score (nSPS) is 13.3. The van der Waals surface area contributed by atoms with E-state index in [1.54, 1.807) is 29.4 Å². The van der Waals surface area contributed by atoms with Crippen LogP contribution in [0.25, 0.3) is 22.4 Å². The van der Waals surface area contributed by atoms with E-state index < -0.39 is 0 Å². The smallest absolute Gasteiger partial charge is 0.246 e. The van der Waals surface area contributed by atoms with E-state index in [9.17, 15) is 9.18 Å². The van der Waals surface area contributed by atoms with Gasteiger partial charge in [0.1, 0.15) is 11.5 Å². The van der Waals surface area contributed by atoms with Crippen molar-refractivity contribution in [3.8, 4) is 22.4 Å². The first-order valence-electron chi connectivity index (χ1n) is 8.34. The van der Waals surface area contributed by atoms with E-state index in [1.807, 2.05) is 16.8 Å². The van der Waals surface area contributed by atoms with Crippen LogP contribution in [0.15, 0.2) is 61.4 Å². The number of carbonyl (C=O) groups is 1. The van der Waals surface area contributed by atoms with Crippen molar-refractivity contribution in [2.45, 2.75) is 13.1 Å². The Bertz CT molecular complexity index is 963. The van der Waals surface area contributed by atoms with Gasteiger partial charge in [-0.1, -0.05) is 6.58 Å². The van der Waals surface area contributed by atoms with Crippen LogP contribution in [0, 0.1) is 5.82 Å². The molecule has 26 heavy (non-hydrogen) atoms. The highest BCUT2D eigenvalue weighted by molar-refractivity contribution is 5.88. The highest BCUT2D eigenvalue weighted by atomic mass is 19.1. The van der Waals surface area contributed by atoms with E-state index >= 15 is 0 Å². The van der Waals surface area contributed by atoms with Gasteiger partial charge in [0.05, 0.1) is 18.8 Å². The van der Waals surface area contributed by atoms with Crippen molar-refractivity contribution in [1.82, 2.24) is 19.7 Å². The van der Waals surface area contributed by atoms with Gasteiger partial charge in [-0.05, 0) is 48.0 Å². The maximum absolute atomic E-state index is 13.3. The Labute approximate surface area is 150 Å². The molecule has 0 saturated heterocycles. The summed E-state index contributed by atoms with van der Waals surface area (Å²) in [4.78, 5) is 17.9. The molecule has 2 aromatic heterocycles. The maximum Gasteiger partial charge on any atom is 0.246 e. The fourth-order valence-corrected chi connectivity index (χ4v) is 3.27. The van der Waals surface area contributed by atoms with Crippen LogP contribution in [0.1, 0.15) is 5.69 Å². The summed E-state index contributed by atoms with van der Waals surface area (Å²) in [6, 6.07) is 10.1. The van der Waals surface area contributed by atoms with E-state index in [4.69, 9.17) is 5.10 Å². The largest absolute Gasteiger partial charge is 0.331 e. The lowest BCUT2D eigenvalue weighted by molar-refractivity contribution is -0.127. The molecule has 4 rings (SSSR count). The van der Waals surface area contributed by atoms with Crippen LogP contribution in [0.3, 0.4) is 0 Å². The highest BCUT2D eigenvalue weighted by Gasteiger charge is 2.27. The average Bonchev–Trinajstić information content (AvgIpc) is 3.07. The summed E-state index contributed by atoms with van der Waals surface area (Å²) in [6.07, 6.45) is 4.78. The fraction of sp³-hybridized carbons (Fsp3) is 0.150. The van der Waals surface area contributed by atoms with Crippen molar-refractivity contribution < 1.29 is 9.18 Å². The van der Waals surface area contributed by atoms with E-state index in [1.165, 1.54) is 18.2 Å². The van der Waals surface area contributed by atoms with Crippen molar-refractivity contribution >= 4 is 5.91 Å². The minimum absolute atomic E-state index is 0.0959. The Hall–Kier alpha value is -3.28. The summed E-state index contributed by atoms with van der Waals surface area (Å²) in [5.41, 5.74) is 4.48. The average molecular weight is 348 g/mol. The van der Waals surface area contributed by atoms with Crippen molar-refractivity contribution in [2.24, 2.45) is 0 Å². The second kappa shape index (κ2) is 6.55. The van der Waals surface area contributed by atoms with Gasteiger partial charge in [0.15, 0.2) is 0 Å². The molecule has 0 N–H and O–H groups in total. The molecular formula is C20H17FN4O. The lowest BCUT2D eigenvalue weighted by Crippen LogP contribution is -2.37. The summed E-state index contributed by atoms with van der Waals surface area (Å²) in [5.74, 6) is -0.382. The standard InChI is InChI=1S/C20H17FN4O/c1-2-18(26)24-11-12-25-17(13-24)19(14-7-9-22-10-8-14)20(23-25)15-3-5-16(21)6-4-15/h2-10H,1,11-13H2. The number of rotatable bonds is 3.